The van der Waals surface area contributed by atoms with Crippen LogP contribution in [0.15, 0.2) is 48.8 Å². The van der Waals surface area contributed by atoms with Gasteiger partial charge in [0.15, 0.2) is 11.6 Å². The molecule has 9 rings (SSSR count). The average Bonchev–Trinajstić information content (AvgIpc) is 3.89. The standard InChI is InChI=1S/C45H53N9O6S/c1-27(2)35-19-36(39(56)20-38(35)55)44(58)54-23-30-3-4-33(17-31(30)24-54)60-26-28-5-11-53(12-6-28)43(57)29-7-9-51(10-8-29)25-34-18-37-40(61-34)42(52-13-15-59-16-14-52)50-41(49-37)32-21-47-45(46)48-22-32/h3-4,17-22,27-29,55-56H,5-16,23-26H2,1-2H3,(H2,46,47,48). The number of amides is 2. The summed E-state index contributed by atoms with van der Waals surface area (Å²) in [6, 6.07) is 11.0. The topological polar surface area (TPSA) is 184 Å². The molecule has 0 saturated carbocycles. The molecule has 4 aliphatic rings. The summed E-state index contributed by atoms with van der Waals surface area (Å²) in [5.74, 6) is 2.66. The minimum Gasteiger partial charge on any atom is -0.508 e. The van der Waals surface area contributed by atoms with Crippen LogP contribution in [0.5, 0.6) is 17.2 Å². The maximum absolute atomic E-state index is 13.7. The van der Waals surface area contributed by atoms with Gasteiger partial charge in [-0.2, -0.15) is 0 Å². The number of phenols is 2. The minimum absolute atomic E-state index is 0.00615. The number of morpholine rings is 1. The number of nitrogens with two attached hydrogens (primary N) is 1. The Balaban J connectivity index is 0.746. The second-order valence-corrected chi connectivity index (χ2v) is 18.2. The van der Waals surface area contributed by atoms with Crippen LogP contribution >= 0.6 is 11.3 Å². The average molecular weight is 848 g/mol. The van der Waals surface area contributed by atoms with Crippen LogP contribution < -0.4 is 15.4 Å². The molecule has 3 aromatic heterocycles. The van der Waals surface area contributed by atoms with Gasteiger partial charge >= 0.3 is 0 Å². The maximum Gasteiger partial charge on any atom is 0.258 e. The zero-order chi connectivity index (χ0) is 42.2. The summed E-state index contributed by atoms with van der Waals surface area (Å²) in [5.41, 5.74) is 10.3. The summed E-state index contributed by atoms with van der Waals surface area (Å²) in [7, 11) is 0. The first kappa shape index (κ1) is 40.8. The number of piperidine rings is 2. The third-order valence-electron chi connectivity index (χ3n) is 12.6. The van der Waals surface area contributed by atoms with Crippen molar-refractivity contribution in [1.82, 2.24) is 34.6 Å². The van der Waals surface area contributed by atoms with Gasteiger partial charge in [-0.1, -0.05) is 19.9 Å². The van der Waals surface area contributed by atoms with E-state index < -0.39 is 0 Å². The van der Waals surface area contributed by atoms with Crippen LogP contribution in [0.2, 0.25) is 0 Å². The predicted molar refractivity (Wildman–Crippen MR) is 233 cm³/mol. The lowest BCUT2D eigenvalue weighted by molar-refractivity contribution is -0.138. The fraction of sp³-hybridized carbons (Fsp3) is 0.467. The molecule has 15 nitrogen and oxygen atoms in total. The quantitative estimate of drug-likeness (QED) is 0.154. The highest BCUT2D eigenvalue weighted by Crippen LogP contribution is 2.37. The second-order valence-electron chi connectivity index (χ2n) is 17.0. The number of carbonyl (C=O) groups is 2. The molecule has 61 heavy (non-hydrogen) atoms. The summed E-state index contributed by atoms with van der Waals surface area (Å²) >= 11 is 1.74. The molecule has 3 saturated heterocycles. The number of likely N-dealkylation sites (tertiary alicyclic amines) is 2. The van der Waals surface area contributed by atoms with Crippen LogP contribution in [-0.4, -0.2) is 116 Å². The van der Waals surface area contributed by atoms with Crippen LogP contribution in [-0.2, 0) is 29.2 Å². The number of hydrogen-bond donors (Lipinski definition) is 3. The van der Waals surface area contributed by atoms with Gasteiger partial charge in [-0.05, 0) is 91.6 Å². The number of aromatic nitrogens is 4. The Bertz CT molecular complexity index is 2400. The normalized spacial score (nSPS) is 18.0. The fourth-order valence-electron chi connectivity index (χ4n) is 8.97. The molecular formula is C45H53N9O6S. The first-order chi connectivity index (χ1) is 29.6. The molecular weight excluding hydrogens is 795 g/mol. The summed E-state index contributed by atoms with van der Waals surface area (Å²) in [4.78, 5) is 55.1. The van der Waals surface area contributed by atoms with Crippen molar-refractivity contribution in [2.75, 3.05) is 69.7 Å². The lowest BCUT2D eigenvalue weighted by atomic mass is 9.92. The third-order valence-corrected chi connectivity index (χ3v) is 13.7. The highest BCUT2D eigenvalue weighted by molar-refractivity contribution is 7.19. The summed E-state index contributed by atoms with van der Waals surface area (Å²) in [5, 5.41) is 20.7. The number of carbonyl (C=O) groups excluding carboxylic acids is 2. The first-order valence-corrected chi connectivity index (χ1v) is 22.2. The Kier molecular flexibility index (Phi) is 11.7. The Labute approximate surface area is 359 Å². The van der Waals surface area contributed by atoms with Crippen LogP contribution in [0.25, 0.3) is 21.6 Å². The van der Waals surface area contributed by atoms with Crippen molar-refractivity contribution in [2.45, 2.75) is 65.1 Å². The van der Waals surface area contributed by atoms with Gasteiger partial charge in [-0.15, -0.1) is 11.3 Å². The number of anilines is 2. The molecule has 3 fully saturated rings. The van der Waals surface area contributed by atoms with Crippen molar-refractivity contribution in [3.8, 4) is 28.6 Å². The molecule has 2 aromatic carbocycles. The minimum atomic E-state index is -0.270. The van der Waals surface area contributed by atoms with Crippen molar-refractivity contribution >= 4 is 45.1 Å². The van der Waals surface area contributed by atoms with Crippen LogP contribution in [0.1, 0.15) is 77.4 Å². The zero-order valence-electron chi connectivity index (χ0n) is 34.8. The fourth-order valence-corrected chi connectivity index (χ4v) is 10.1. The Morgan fingerprint density at radius 2 is 1.62 bits per heavy atom. The molecule has 5 aromatic rings. The van der Waals surface area contributed by atoms with Gasteiger partial charge in [0.25, 0.3) is 5.91 Å². The number of fused-ring (bicyclic) bond motifs is 2. The summed E-state index contributed by atoms with van der Waals surface area (Å²) in [6.45, 7) is 12.2. The molecule has 4 N–H and O–H groups in total. The molecule has 16 heteroatoms. The molecule has 0 bridgehead atoms. The maximum atomic E-state index is 13.7. The van der Waals surface area contributed by atoms with E-state index >= 15 is 0 Å². The van der Waals surface area contributed by atoms with Gasteiger partial charge in [-0.25, -0.2) is 19.9 Å². The first-order valence-electron chi connectivity index (χ1n) is 21.4. The molecule has 2 amide bonds. The van der Waals surface area contributed by atoms with Crippen molar-refractivity contribution in [1.29, 1.82) is 0 Å². The highest BCUT2D eigenvalue weighted by atomic mass is 32.1. The van der Waals surface area contributed by atoms with E-state index in [1.54, 1.807) is 34.7 Å². The van der Waals surface area contributed by atoms with Gasteiger partial charge in [0, 0.05) is 75.1 Å². The molecule has 0 aliphatic carbocycles. The monoisotopic (exact) mass is 847 g/mol. The number of nitrogen functional groups attached to an aromatic ring is 1. The molecule has 0 radical (unpaired) electrons. The van der Waals surface area contributed by atoms with E-state index in [0.717, 1.165) is 110 Å². The number of hydrogen-bond acceptors (Lipinski definition) is 14. The Morgan fingerprint density at radius 1 is 0.885 bits per heavy atom. The van der Waals surface area contributed by atoms with Crippen molar-refractivity contribution in [3.05, 3.63) is 75.9 Å². The second kappa shape index (κ2) is 17.4. The summed E-state index contributed by atoms with van der Waals surface area (Å²) in [6.07, 6.45) is 6.84. The van der Waals surface area contributed by atoms with Crippen LogP contribution in [0, 0.1) is 11.8 Å². The van der Waals surface area contributed by atoms with E-state index in [1.165, 1.54) is 10.9 Å². The molecule has 0 atom stereocenters. The number of benzene rings is 2. The molecule has 0 unspecified atom stereocenters. The smallest absolute Gasteiger partial charge is 0.258 e. The van der Waals surface area contributed by atoms with Crippen molar-refractivity contribution in [2.24, 2.45) is 11.8 Å². The lowest BCUT2D eigenvalue weighted by Crippen LogP contribution is -2.45. The predicted octanol–water partition coefficient (Wildman–Crippen LogP) is 5.79. The largest absolute Gasteiger partial charge is 0.508 e. The van der Waals surface area contributed by atoms with E-state index in [2.05, 4.69) is 30.7 Å². The van der Waals surface area contributed by atoms with Crippen molar-refractivity contribution in [3.63, 3.8) is 0 Å². The van der Waals surface area contributed by atoms with Gasteiger partial charge in [0.2, 0.25) is 11.9 Å². The van der Waals surface area contributed by atoms with E-state index in [4.69, 9.17) is 25.2 Å². The van der Waals surface area contributed by atoms with E-state index in [-0.39, 0.29) is 46.7 Å². The third kappa shape index (κ3) is 8.79. The Morgan fingerprint density at radius 3 is 2.36 bits per heavy atom. The van der Waals surface area contributed by atoms with E-state index in [1.807, 2.05) is 32.0 Å². The molecule has 0 spiro atoms. The number of nitrogens with zero attached hydrogens (tertiary/aromatic N) is 8. The van der Waals surface area contributed by atoms with Gasteiger partial charge < -0.3 is 40.1 Å². The highest BCUT2D eigenvalue weighted by Gasteiger charge is 2.32. The molecule has 7 heterocycles. The zero-order valence-corrected chi connectivity index (χ0v) is 35.6. The SMILES string of the molecule is CC(C)c1cc(C(=O)N2Cc3ccc(OCC4CCN(C(=O)C5CCN(Cc6cc7nc(-c8cnc(N)nc8)nc(N8CCOCC8)c7s6)CC5)CC4)cc3C2)c(O)cc1O. The van der Waals surface area contributed by atoms with E-state index in [9.17, 15) is 19.8 Å². The summed E-state index contributed by atoms with van der Waals surface area (Å²) < 4.78 is 13.0. The van der Waals surface area contributed by atoms with Crippen molar-refractivity contribution < 1.29 is 29.3 Å². The van der Waals surface area contributed by atoms with Gasteiger partial charge in [0.05, 0.1) is 41.2 Å². The number of ether oxygens (including phenoxy) is 2. The number of phenolic OH excluding ortho intramolecular Hbond substituents is 2. The Hall–Kier alpha value is -5.58. The number of aromatic hydroxyl groups is 2. The van der Waals surface area contributed by atoms with E-state index in [0.29, 0.717) is 50.2 Å². The number of rotatable bonds is 10. The van der Waals surface area contributed by atoms with Crippen LogP contribution in [0.3, 0.4) is 0 Å². The van der Waals surface area contributed by atoms with Crippen LogP contribution in [0.4, 0.5) is 11.8 Å². The lowest BCUT2D eigenvalue weighted by Gasteiger charge is -2.37. The molecule has 320 valence electrons. The van der Waals surface area contributed by atoms with Gasteiger partial charge in [-0.3, -0.25) is 14.5 Å². The molecule has 4 aliphatic heterocycles. The van der Waals surface area contributed by atoms with Gasteiger partial charge in [0.1, 0.15) is 17.2 Å². The number of thiophene rings is 1.